The second-order valence-electron chi connectivity index (χ2n) is 5.78. The molecule has 1 atom stereocenters. The summed E-state index contributed by atoms with van der Waals surface area (Å²) in [6, 6.07) is 4.78. The van der Waals surface area contributed by atoms with E-state index in [4.69, 9.17) is 0 Å². The van der Waals surface area contributed by atoms with E-state index >= 15 is 0 Å². The highest BCUT2D eigenvalue weighted by Gasteiger charge is 2.17. The molecule has 22 heavy (non-hydrogen) atoms. The molecule has 116 valence electrons. The lowest BCUT2D eigenvalue weighted by molar-refractivity contribution is 0.0948. The number of fused-ring (bicyclic) bond motifs is 1. The number of aromatic nitrogens is 1. The average molecular weight is 301 g/mol. The van der Waals surface area contributed by atoms with E-state index in [0.717, 1.165) is 24.9 Å². The van der Waals surface area contributed by atoms with Crippen molar-refractivity contribution >= 4 is 16.7 Å². The zero-order chi connectivity index (χ0) is 15.4. The van der Waals surface area contributed by atoms with Crippen LogP contribution in [0.5, 0.6) is 0 Å². The third-order valence-electron chi connectivity index (χ3n) is 4.24. The monoisotopic (exact) mass is 301 g/mol. The molecule has 1 unspecified atom stereocenters. The average Bonchev–Trinajstić information content (AvgIpc) is 2.55. The molecule has 5 heteroatoms. The van der Waals surface area contributed by atoms with Gasteiger partial charge in [-0.25, -0.2) is 4.39 Å². The van der Waals surface area contributed by atoms with E-state index in [2.05, 4.69) is 15.6 Å². The maximum absolute atomic E-state index is 14.1. The first-order valence-electron chi connectivity index (χ1n) is 7.77. The third-order valence-corrected chi connectivity index (χ3v) is 4.24. The summed E-state index contributed by atoms with van der Waals surface area (Å²) in [5, 5.41) is 7.57. The van der Waals surface area contributed by atoms with Gasteiger partial charge in [-0.3, -0.25) is 9.78 Å². The standard InChI is InChI=1S/C17H20FN3O/c18-15-4-3-13-6-8-20-11-14(13)16(15)17(22)21-9-5-12-2-1-7-19-10-12/h3-4,6,8,11-12,19H,1-2,5,7,9-10H2,(H,21,22). The number of nitrogens with one attached hydrogen (secondary N) is 2. The number of amides is 1. The number of piperidine rings is 1. The minimum atomic E-state index is -0.502. The molecule has 4 nitrogen and oxygen atoms in total. The van der Waals surface area contributed by atoms with E-state index in [1.807, 2.05) is 0 Å². The molecule has 1 aromatic heterocycles. The van der Waals surface area contributed by atoms with Crippen molar-refractivity contribution in [1.82, 2.24) is 15.6 Å². The molecule has 1 aliphatic heterocycles. The molecule has 0 saturated carbocycles. The topological polar surface area (TPSA) is 54.0 Å². The fourth-order valence-corrected chi connectivity index (χ4v) is 3.01. The Morgan fingerprint density at radius 1 is 1.41 bits per heavy atom. The molecule has 2 heterocycles. The van der Waals surface area contributed by atoms with Crippen LogP contribution in [0.4, 0.5) is 4.39 Å². The summed E-state index contributed by atoms with van der Waals surface area (Å²) in [4.78, 5) is 16.3. The summed E-state index contributed by atoms with van der Waals surface area (Å²) >= 11 is 0. The van der Waals surface area contributed by atoms with Crippen molar-refractivity contribution in [3.63, 3.8) is 0 Å². The van der Waals surface area contributed by atoms with Gasteiger partial charge >= 0.3 is 0 Å². The van der Waals surface area contributed by atoms with Crippen molar-refractivity contribution in [2.45, 2.75) is 19.3 Å². The summed E-state index contributed by atoms with van der Waals surface area (Å²) in [7, 11) is 0. The highest BCUT2D eigenvalue weighted by Crippen LogP contribution is 2.21. The SMILES string of the molecule is O=C(NCCC1CCCNC1)c1c(F)ccc2ccncc12. The van der Waals surface area contributed by atoms with Crippen LogP contribution in [0.3, 0.4) is 0 Å². The molecule has 1 fully saturated rings. The van der Waals surface area contributed by atoms with Gasteiger partial charge in [0, 0.05) is 24.3 Å². The summed E-state index contributed by atoms with van der Waals surface area (Å²) in [6.45, 7) is 2.65. The second-order valence-corrected chi connectivity index (χ2v) is 5.78. The number of hydrogen-bond donors (Lipinski definition) is 2. The van der Waals surface area contributed by atoms with E-state index in [-0.39, 0.29) is 11.5 Å². The molecular weight excluding hydrogens is 281 g/mol. The Morgan fingerprint density at radius 3 is 3.14 bits per heavy atom. The highest BCUT2D eigenvalue weighted by atomic mass is 19.1. The van der Waals surface area contributed by atoms with Gasteiger partial charge < -0.3 is 10.6 Å². The second kappa shape index (κ2) is 6.83. The predicted molar refractivity (Wildman–Crippen MR) is 84.2 cm³/mol. The fourth-order valence-electron chi connectivity index (χ4n) is 3.01. The Hall–Kier alpha value is -2.01. The van der Waals surface area contributed by atoms with Crippen molar-refractivity contribution in [2.75, 3.05) is 19.6 Å². The molecule has 1 aliphatic rings. The van der Waals surface area contributed by atoms with Crippen molar-refractivity contribution in [3.05, 3.63) is 42.0 Å². The maximum atomic E-state index is 14.1. The van der Waals surface area contributed by atoms with Crippen LogP contribution in [-0.4, -0.2) is 30.5 Å². The van der Waals surface area contributed by atoms with Crippen LogP contribution >= 0.6 is 0 Å². The van der Waals surface area contributed by atoms with Crippen molar-refractivity contribution in [2.24, 2.45) is 5.92 Å². The minimum absolute atomic E-state index is 0.0902. The first kappa shape index (κ1) is 14.9. The van der Waals surface area contributed by atoms with Crippen LogP contribution < -0.4 is 10.6 Å². The molecule has 1 amide bonds. The van der Waals surface area contributed by atoms with Crippen LogP contribution in [-0.2, 0) is 0 Å². The Kier molecular flexibility index (Phi) is 4.63. The Bertz CT molecular complexity index is 668. The van der Waals surface area contributed by atoms with Gasteiger partial charge in [0.15, 0.2) is 0 Å². The normalized spacial score (nSPS) is 18.3. The van der Waals surface area contributed by atoms with Crippen molar-refractivity contribution in [3.8, 4) is 0 Å². The minimum Gasteiger partial charge on any atom is -0.352 e. The third kappa shape index (κ3) is 3.25. The lowest BCUT2D eigenvalue weighted by atomic mass is 9.96. The van der Waals surface area contributed by atoms with Crippen molar-refractivity contribution < 1.29 is 9.18 Å². The number of hydrogen-bond acceptors (Lipinski definition) is 3. The van der Waals surface area contributed by atoms with Crippen molar-refractivity contribution in [1.29, 1.82) is 0 Å². The maximum Gasteiger partial charge on any atom is 0.254 e. The molecule has 2 aromatic rings. The zero-order valence-corrected chi connectivity index (χ0v) is 12.4. The molecule has 3 rings (SSSR count). The molecule has 0 bridgehead atoms. The quantitative estimate of drug-likeness (QED) is 0.912. The molecule has 0 radical (unpaired) electrons. The van der Waals surface area contributed by atoms with Gasteiger partial charge in [-0.05, 0) is 55.8 Å². The molecule has 2 N–H and O–H groups in total. The lowest BCUT2D eigenvalue weighted by Gasteiger charge is -2.22. The summed E-state index contributed by atoms with van der Waals surface area (Å²) < 4.78 is 14.1. The number of benzene rings is 1. The number of halogens is 1. The van der Waals surface area contributed by atoms with E-state index in [1.165, 1.54) is 18.9 Å². The van der Waals surface area contributed by atoms with Gasteiger partial charge in [0.2, 0.25) is 0 Å². The van der Waals surface area contributed by atoms with Gasteiger partial charge in [0.1, 0.15) is 5.82 Å². The fraction of sp³-hybridized carbons (Fsp3) is 0.412. The molecule has 0 spiro atoms. The van der Waals surface area contributed by atoms with Crippen LogP contribution in [0.15, 0.2) is 30.6 Å². The Morgan fingerprint density at radius 2 is 2.32 bits per heavy atom. The summed E-state index contributed by atoms with van der Waals surface area (Å²) in [5.74, 6) is -0.273. The molecule has 1 saturated heterocycles. The highest BCUT2D eigenvalue weighted by molar-refractivity contribution is 6.06. The molecular formula is C17H20FN3O. The molecule has 0 aliphatic carbocycles. The van der Waals surface area contributed by atoms with E-state index in [0.29, 0.717) is 17.8 Å². The van der Waals surface area contributed by atoms with Crippen LogP contribution in [0, 0.1) is 11.7 Å². The smallest absolute Gasteiger partial charge is 0.254 e. The van der Waals surface area contributed by atoms with Gasteiger partial charge in [-0.2, -0.15) is 0 Å². The van der Waals surface area contributed by atoms with Gasteiger partial charge in [-0.1, -0.05) is 6.07 Å². The zero-order valence-electron chi connectivity index (χ0n) is 12.4. The number of carbonyl (C=O) groups is 1. The van der Waals surface area contributed by atoms with Crippen LogP contribution in [0.2, 0.25) is 0 Å². The van der Waals surface area contributed by atoms with E-state index in [9.17, 15) is 9.18 Å². The van der Waals surface area contributed by atoms with E-state index < -0.39 is 5.82 Å². The lowest BCUT2D eigenvalue weighted by Crippen LogP contribution is -2.33. The van der Waals surface area contributed by atoms with Crippen LogP contribution in [0.1, 0.15) is 29.6 Å². The van der Waals surface area contributed by atoms with Gasteiger partial charge in [-0.15, -0.1) is 0 Å². The summed E-state index contributed by atoms with van der Waals surface area (Å²) in [6.07, 6.45) is 6.47. The van der Waals surface area contributed by atoms with E-state index in [1.54, 1.807) is 24.5 Å². The van der Waals surface area contributed by atoms with Gasteiger partial charge in [0.05, 0.1) is 5.56 Å². The predicted octanol–water partition coefficient (Wildman–Crippen LogP) is 2.49. The Labute approximate surface area is 129 Å². The summed E-state index contributed by atoms with van der Waals surface area (Å²) in [5.41, 5.74) is 0.0902. The van der Waals surface area contributed by atoms with Crippen LogP contribution in [0.25, 0.3) is 10.8 Å². The first-order valence-corrected chi connectivity index (χ1v) is 7.77. The van der Waals surface area contributed by atoms with Gasteiger partial charge in [0.25, 0.3) is 5.91 Å². The largest absolute Gasteiger partial charge is 0.352 e. The first-order chi connectivity index (χ1) is 10.8. The number of nitrogens with zero attached hydrogens (tertiary/aromatic N) is 1. The number of carbonyl (C=O) groups excluding carboxylic acids is 1. The Balaban J connectivity index is 1.68. The molecule has 1 aromatic carbocycles. The number of pyridine rings is 1. The number of rotatable bonds is 4.